The minimum Gasteiger partial charge on any atom is -0.339 e. The lowest BCUT2D eigenvalue weighted by molar-refractivity contribution is 0.0690. The van der Waals surface area contributed by atoms with Crippen LogP contribution in [0.5, 0.6) is 0 Å². The van der Waals surface area contributed by atoms with Crippen LogP contribution in [0.15, 0.2) is 12.4 Å². The number of hydrogen-bond acceptors (Lipinski definition) is 3. The van der Waals surface area contributed by atoms with Crippen LogP contribution in [0.3, 0.4) is 0 Å². The molecule has 1 aromatic rings. The SMILES string of the molecule is CCNCC1CCN(C(=O)c2cnn(C)c2)CC1. The van der Waals surface area contributed by atoms with Crippen molar-refractivity contribution in [2.75, 3.05) is 26.2 Å². The molecular weight excluding hydrogens is 228 g/mol. The Morgan fingerprint density at radius 1 is 1.50 bits per heavy atom. The fourth-order valence-corrected chi connectivity index (χ4v) is 2.40. The van der Waals surface area contributed by atoms with Crippen molar-refractivity contribution in [1.82, 2.24) is 20.0 Å². The molecule has 0 bridgehead atoms. The van der Waals surface area contributed by atoms with E-state index in [0.717, 1.165) is 39.0 Å². The van der Waals surface area contributed by atoms with Crippen LogP contribution in [0.4, 0.5) is 0 Å². The van der Waals surface area contributed by atoms with Crippen LogP contribution in [-0.4, -0.2) is 46.8 Å². The van der Waals surface area contributed by atoms with E-state index in [2.05, 4.69) is 17.3 Å². The first-order valence-electron chi connectivity index (χ1n) is 6.69. The predicted molar refractivity (Wildman–Crippen MR) is 70.4 cm³/mol. The summed E-state index contributed by atoms with van der Waals surface area (Å²) in [6.45, 7) is 5.95. The van der Waals surface area contributed by atoms with Crippen molar-refractivity contribution in [3.63, 3.8) is 0 Å². The molecule has 1 aliphatic heterocycles. The van der Waals surface area contributed by atoms with E-state index in [-0.39, 0.29) is 5.91 Å². The lowest BCUT2D eigenvalue weighted by atomic mass is 9.96. The van der Waals surface area contributed by atoms with E-state index < -0.39 is 0 Å². The second-order valence-electron chi connectivity index (χ2n) is 4.95. The summed E-state index contributed by atoms with van der Waals surface area (Å²) >= 11 is 0. The Morgan fingerprint density at radius 2 is 2.22 bits per heavy atom. The number of likely N-dealkylation sites (tertiary alicyclic amines) is 1. The van der Waals surface area contributed by atoms with Gasteiger partial charge in [0.05, 0.1) is 11.8 Å². The quantitative estimate of drug-likeness (QED) is 0.863. The Bertz CT molecular complexity index is 393. The molecule has 1 saturated heterocycles. The molecule has 2 heterocycles. The molecule has 0 saturated carbocycles. The molecule has 0 unspecified atom stereocenters. The molecule has 5 nitrogen and oxygen atoms in total. The summed E-state index contributed by atoms with van der Waals surface area (Å²) in [6.07, 6.45) is 5.62. The van der Waals surface area contributed by atoms with Crippen molar-refractivity contribution >= 4 is 5.91 Å². The molecule has 100 valence electrons. The van der Waals surface area contributed by atoms with Crippen molar-refractivity contribution in [2.45, 2.75) is 19.8 Å². The van der Waals surface area contributed by atoms with Gasteiger partial charge in [0.2, 0.25) is 0 Å². The van der Waals surface area contributed by atoms with Crippen LogP contribution in [0.2, 0.25) is 0 Å². The van der Waals surface area contributed by atoms with Gasteiger partial charge in [0.1, 0.15) is 0 Å². The summed E-state index contributed by atoms with van der Waals surface area (Å²) < 4.78 is 1.67. The minimum absolute atomic E-state index is 0.116. The third-order valence-corrected chi connectivity index (χ3v) is 3.54. The van der Waals surface area contributed by atoms with Gasteiger partial charge < -0.3 is 10.2 Å². The highest BCUT2D eigenvalue weighted by atomic mass is 16.2. The smallest absolute Gasteiger partial charge is 0.257 e. The number of nitrogens with one attached hydrogen (secondary N) is 1. The van der Waals surface area contributed by atoms with E-state index in [1.807, 2.05) is 11.9 Å². The van der Waals surface area contributed by atoms with E-state index in [9.17, 15) is 4.79 Å². The van der Waals surface area contributed by atoms with Gasteiger partial charge in [0, 0.05) is 26.3 Å². The third-order valence-electron chi connectivity index (χ3n) is 3.54. The lowest BCUT2D eigenvalue weighted by Gasteiger charge is -2.31. The fraction of sp³-hybridized carbons (Fsp3) is 0.692. The van der Waals surface area contributed by atoms with E-state index in [1.54, 1.807) is 17.1 Å². The van der Waals surface area contributed by atoms with E-state index in [0.29, 0.717) is 11.5 Å². The van der Waals surface area contributed by atoms with Crippen LogP contribution in [0.1, 0.15) is 30.1 Å². The molecule has 0 atom stereocenters. The zero-order valence-corrected chi connectivity index (χ0v) is 11.2. The summed E-state index contributed by atoms with van der Waals surface area (Å²) in [7, 11) is 1.83. The van der Waals surface area contributed by atoms with Crippen LogP contribution < -0.4 is 5.32 Å². The number of amides is 1. The highest BCUT2D eigenvalue weighted by Gasteiger charge is 2.23. The summed E-state index contributed by atoms with van der Waals surface area (Å²) in [6, 6.07) is 0. The van der Waals surface area contributed by atoms with Crippen LogP contribution in [0, 0.1) is 5.92 Å². The van der Waals surface area contributed by atoms with Crippen molar-refractivity contribution in [1.29, 1.82) is 0 Å². The Morgan fingerprint density at radius 3 is 2.78 bits per heavy atom. The summed E-state index contributed by atoms with van der Waals surface area (Å²) in [4.78, 5) is 14.1. The maximum absolute atomic E-state index is 12.2. The van der Waals surface area contributed by atoms with Crippen molar-refractivity contribution in [2.24, 2.45) is 13.0 Å². The fourth-order valence-electron chi connectivity index (χ4n) is 2.40. The molecule has 1 fully saturated rings. The monoisotopic (exact) mass is 250 g/mol. The van der Waals surface area contributed by atoms with Gasteiger partial charge in [-0.3, -0.25) is 9.48 Å². The Kier molecular flexibility index (Phi) is 4.36. The van der Waals surface area contributed by atoms with Gasteiger partial charge in [0.15, 0.2) is 0 Å². The van der Waals surface area contributed by atoms with E-state index in [1.165, 1.54) is 0 Å². The van der Waals surface area contributed by atoms with Gasteiger partial charge in [0.25, 0.3) is 5.91 Å². The maximum atomic E-state index is 12.2. The highest BCUT2D eigenvalue weighted by molar-refractivity contribution is 5.93. The predicted octanol–water partition coefficient (Wildman–Crippen LogP) is 0.882. The van der Waals surface area contributed by atoms with Gasteiger partial charge in [-0.1, -0.05) is 6.92 Å². The topological polar surface area (TPSA) is 50.2 Å². The van der Waals surface area contributed by atoms with Crippen LogP contribution in [0.25, 0.3) is 0 Å². The van der Waals surface area contributed by atoms with Gasteiger partial charge in [-0.2, -0.15) is 5.10 Å². The van der Waals surface area contributed by atoms with Crippen LogP contribution >= 0.6 is 0 Å². The van der Waals surface area contributed by atoms with Gasteiger partial charge in [-0.25, -0.2) is 0 Å². The number of carbonyl (C=O) groups excluding carboxylic acids is 1. The number of rotatable bonds is 4. The number of piperidine rings is 1. The van der Waals surface area contributed by atoms with E-state index in [4.69, 9.17) is 0 Å². The first-order valence-corrected chi connectivity index (χ1v) is 6.69. The molecular formula is C13H22N4O. The molecule has 1 N–H and O–H groups in total. The molecule has 1 aromatic heterocycles. The minimum atomic E-state index is 0.116. The average Bonchev–Trinajstić information content (AvgIpc) is 2.83. The standard InChI is InChI=1S/C13H22N4O/c1-3-14-8-11-4-6-17(7-5-11)13(18)12-9-15-16(2)10-12/h9-11,14H,3-8H2,1-2H3. The first kappa shape index (κ1) is 13.1. The average molecular weight is 250 g/mol. The Balaban J connectivity index is 1.84. The second kappa shape index (κ2) is 6.00. The number of nitrogens with zero attached hydrogens (tertiary/aromatic N) is 3. The number of aryl methyl sites for hydroxylation is 1. The Labute approximate surface area is 108 Å². The molecule has 5 heteroatoms. The molecule has 1 aliphatic rings. The van der Waals surface area contributed by atoms with Crippen molar-refractivity contribution in [3.8, 4) is 0 Å². The molecule has 18 heavy (non-hydrogen) atoms. The zero-order chi connectivity index (χ0) is 13.0. The van der Waals surface area contributed by atoms with Crippen molar-refractivity contribution < 1.29 is 4.79 Å². The number of carbonyl (C=O) groups is 1. The summed E-state index contributed by atoms with van der Waals surface area (Å²) in [5.74, 6) is 0.827. The summed E-state index contributed by atoms with van der Waals surface area (Å²) in [5.41, 5.74) is 0.697. The summed E-state index contributed by atoms with van der Waals surface area (Å²) in [5, 5.41) is 7.43. The van der Waals surface area contributed by atoms with Gasteiger partial charge in [-0.15, -0.1) is 0 Å². The largest absolute Gasteiger partial charge is 0.339 e. The molecule has 0 spiro atoms. The third kappa shape index (κ3) is 3.10. The lowest BCUT2D eigenvalue weighted by Crippen LogP contribution is -2.40. The van der Waals surface area contributed by atoms with Crippen molar-refractivity contribution in [3.05, 3.63) is 18.0 Å². The number of aromatic nitrogens is 2. The molecule has 0 radical (unpaired) electrons. The number of hydrogen-bond donors (Lipinski definition) is 1. The zero-order valence-electron chi connectivity index (χ0n) is 11.2. The normalized spacial score (nSPS) is 17.1. The van der Waals surface area contributed by atoms with Gasteiger partial charge >= 0.3 is 0 Å². The molecule has 0 aromatic carbocycles. The second-order valence-corrected chi connectivity index (χ2v) is 4.95. The maximum Gasteiger partial charge on any atom is 0.257 e. The molecule has 2 rings (SSSR count). The van der Waals surface area contributed by atoms with Crippen LogP contribution in [-0.2, 0) is 7.05 Å². The molecule has 1 amide bonds. The highest BCUT2D eigenvalue weighted by Crippen LogP contribution is 2.18. The van der Waals surface area contributed by atoms with E-state index >= 15 is 0 Å². The molecule has 0 aliphatic carbocycles. The van der Waals surface area contributed by atoms with Gasteiger partial charge in [-0.05, 0) is 31.8 Å². The first-order chi connectivity index (χ1) is 8.70. The Hall–Kier alpha value is -1.36.